The first-order valence-corrected chi connectivity index (χ1v) is 41.4. The van der Waals surface area contributed by atoms with Crippen molar-refractivity contribution in [3.63, 3.8) is 0 Å². The molecule has 7 saturated heterocycles. The Morgan fingerprint density at radius 2 is 0.983 bits per heavy atom. The second-order valence-electron chi connectivity index (χ2n) is 36.5. The number of fused-ring (bicyclic) bond motifs is 7. The average molecular weight is 1720 g/mol. The molecular weight excluding hydrogens is 1600 g/mol. The van der Waals surface area contributed by atoms with Gasteiger partial charge in [-0.15, -0.1) is 0 Å². The molecule has 0 aromatic heterocycles. The van der Waals surface area contributed by atoms with E-state index in [1.807, 2.05) is 26.8 Å². The molecule has 11 fully saturated rings. The summed E-state index contributed by atoms with van der Waals surface area (Å²) in [5, 5.41) is 225. The lowest BCUT2D eigenvalue weighted by Gasteiger charge is -2.71. The van der Waals surface area contributed by atoms with Gasteiger partial charge < -0.3 is 178 Å². The van der Waals surface area contributed by atoms with Crippen molar-refractivity contribution < 1.29 is 192 Å². The molecule has 0 unspecified atom stereocenters. The van der Waals surface area contributed by atoms with Crippen molar-refractivity contribution in [2.24, 2.45) is 50.2 Å². The predicted octanol–water partition coefficient (Wildman–Crippen LogP) is -4.53. The van der Waals surface area contributed by atoms with Gasteiger partial charge in [0.25, 0.3) is 0 Å². The summed E-state index contributed by atoms with van der Waals surface area (Å²) < 4.78 is 99.1. The van der Waals surface area contributed by atoms with E-state index in [0.717, 1.165) is 11.6 Å². The molecule has 680 valence electrons. The van der Waals surface area contributed by atoms with Crippen LogP contribution in [0.3, 0.4) is 0 Å². The fraction of sp³-hybridized carbons (Fsp3) is 0.840. The van der Waals surface area contributed by atoms with Gasteiger partial charge >= 0.3 is 17.9 Å². The van der Waals surface area contributed by atoms with E-state index < -0.39 is 316 Å². The Morgan fingerprint density at radius 3 is 1.55 bits per heavy atom. The van der Waals surface area contributed by atoms with Crippen LogP contribution in [0.15, 0.2) is 42.0 Å². The second kappa shape index (κ2) is 36.0. The third-order valence-corrected chi connectivity index (χ3v) is 29.0. The number of aliphatic hydroxyl groups is 19. The predicted molar refractivity (Wildman–Crippen MR) is 400 cm³/mol. The number of allylic oxidation sites excluding steroid dienone is 1. The van der Waals surface area contributed by atoms with Gasteiger partial charge in [0.05, 0.1) is 74.9 Å². The van der Waals surface area contributed by atoms with Crippen LogP contribution < -0.4 is 4.74 Å². The Labute approximate surface area is 692 Å². The van der Waals surface area contributed by atoms with E-state index in [1.54, 1.807) is 24.3 Å². The number of esters is 2. The molecule has 7 aliphatic heterocycles. The van der Waals surface area contributed by atoms with E-state index in [2.05, 4.69) is 6.92 Å². The maximum atomic E-state index is 16.7. The molecule has 0 spiro atoms. The van der Waals surface area contributed by atoms with Gasteiger partial charge in [0, 0.05) is 11.5 Å². The lowest BCUT2D eigenvalue weighted by Crippen LogP contribution is -2.71. The molecule has 5 aliphatic carbocycles. The number of carboxylic acids is 1. The average Bonchev–Trinajstić information content (AvgIpc) is 0.666. The summed E-state index contributed by atoms with van der Waals surface area (Å²) in [6.45, 7) is 12.3. The molecule has 20 N–H and O–H groups in total. The smallest absolute Gasteiger partial charge is 0.331 e. The molecule has 39 heteroatoms. The quantitative estimate of drug-likeness (QED) is 0.0225. The van der Waals surface area contributed by atoms with Crippen LogP contribution in [0, 0.1) is 50.2 Å². The summed E-state index contributed by atoms with van der Waals surface area (Å²) in [5.41, 5.74) is -5.75. The number of carboxylic acid groups (broad SMARTS) is 1. The zero-order chi connectivity index (χ0) is 87.4. The maximum Gasteiger partial charge on any atom is 0.331 e. The first kappa shape index (κ1) is 93.3. The van der Waals surface area contributed by atoms with Crippen LogP contribution in [0.5, 0.6) is 5.75 Å². The molecule has 4 saturated carbocycles. The molecule has 12 aliphatic rings. The van der Waals surface area contributed by atoms with E-state index in [0.29, 0.717) is 30.6 Å². The summed E-state index contributed by atoms with van der Waals surface area (Å²) in [6, 6.07) is 6.57. The van der Waals surface area contributed by atoms with Gasteiger partial charge in [-0.3, -0.25) is 9.59 Å². The minimum absolute atomic E-state index is 0.0380. The van der Waals surface area contributed by atoms with Crippen LogP contribution in [-0.4, -0.2) is 375 Å². The van der Waals surface area contributed by atoms with Crippen LogP contribution in [-0.2, 0) is 85.4 Å². The van der Waals surface area contributed by atoms with Crippen molar-refractivity contribution >= 4 is 24.0 Å². The SMILES string of the molecule is COc1ccc(/C=C/C(=O)O[C@@H]2[C@H](O[C@@H]3O[C@@H](C)[C@H](O)[C@@H](O)[C@H]3O)[C@@H](O[C@@H]3O[C@@H](C)[C@H](O[C@@H]4OC[C@@H](O[C@@H]5O[C@H](CO)[C@H](O)[C@H](O)[C@H]5O)[C@H](O)[C@H]4O)[C@@H](O[C@@H]4O[C@@H](C)[C@H](O)[C@@H](O)[C@H]4O)[C@H]3O)[C@H](OC(=O)[C@]34CCC(C)(C)C[C@H]3C3=CC[C@@H]5[C@@]6(C)C[C@H](O)[C@H](O[C@@H]7O[C@H](CO)[C@@H](O)[C@H](O)[C@H]7O)[C@@](C)(C(=O)O)[C@@H]6CC[C@@]5(C)[C@]3(CO)CC4)O[C@@H]2C)cc1. The molecule has 0 amide bonds. The first-order chi connectivity index (χ1) is 56.5. The van der Waals surface area contributed by atoms with Gasteiger partial charge in [-0.25, -0.2) is 4.79 Å². The maximum absolute atomic E-state index is 16.7. The van der Waals surface area contributed by atoms with E-state index in [4.69, 9.17) is 75.8 Å². The molecule has 0 radical (unpaired) electrons. The number of hydrogen-bond acceptors (Lipinski definition) is 38. The molecule has 44 atom stereocenters. The van der Waals surface area contributed by atoms with E-state index in [9.17, 15) is 112 Å². The molecule has 120 heavy (non-hydrogen) atoms. The molecule has 0 bridgehead atoms. The number of carbonyl (C=O) groups is 3. The van der Waals surface area contributed by atoms with Crippen molar-refractivity contribution in [2.75, 3.05) is 33.5 Å². The van der Waals surface area contributed by atoms with Gasteiger partial charge in [0.15, 0.2) is 49.9 Å². The van der Waals surface area contributed by atoms with Gasteiger partial charge in [0.2, 0.25) is 6.29 Å². The van der Waals surface area contributed by atoms with Crippen molar-refractivity contribution in [3.8, 4) is 5.75 Å². The largest absolute Gasteiger partial charge is 0.497 e. The molecule has 1 aromatic carbocycles. The Morgan fingerprint density at radius 1 is 0.483 bits per heavy atom. The number of aliphatic hydroxyl groups excluding tert-OH is 19. The number of rotatable bonds is 22. The Hall–Kier alpha value is -4.37. The number of benzene rings is 1. The number of hydrogen-bond donors (Lipinski definition) is 20. The molecule has 1 aromatic rings. The summed E-state index contributed by atoms with van der Waals surface area (Å²) >= 11 is 0. The zero-order valence-corrected chi connectivity index (χ0v) is 68.5. The molecule has 7 heterocycles. The fourth-order valence-corrected chi connectivity index (χ4v) is 21.9. The van der Waals surface area contributed by atoms with Crippen molar-refractivity contribution in [3.05, 3.63) is 47.6 Å². The Bertz CT molecular complexity index is 3740. The highest BCUT2D eigenvalue weighted by Gasteiger charge is 2.74. The van der Waals surface area contributed by atoms with Crippen molar-refractivity contribution in [2.45, 2.75) is 341 Å². The van der Waals surface area contributed by atoms with Gasteiger partial charge in [0.1, 0.15) is 140 Å². The standard InChI is InChI=1S/C81H122O39/c1-31-46(87)51(92)56(97)68(107-31)116-63-60(101)72(109-33(3)61(63)115-67-55(96)50(91)42(29-106-67)113-70-58(99)53(94)48(89)40(27-82)111-70)118-65-64(117-69-57(98)52(93)47(88)32(2)108-69)62(114-45(86)18-13-35-11-14-36(105-10)15-12-35)34(4)110-73(65)120-75(104)80-22-21-76(5,6)25-38(80)37-16-17-43-77(7)26-39(85)66(119-71-59(100)54(95)49(90)41(28-83)112-71)79(9,74(102)103)44(77)19-20-78(43,8)81(37,30-84)24-23-80/h11-16,18,31-34,38-44,46-73,82-85,87-101H,17,19-30H2,1-10H3,(H,102,103)/b18-13+/t31-,32-,33-,34+,38-,39-,40+,41+,42+,43+,44+,46-,47-,48-,49+,50-,51+,52+,53-,54-,55+,56+,57+,58+,59+,60+,61-,62-,63-,64-,65+,66-,67-,68-,69-,70-,71-,72-,73-,77+,78+,79-,80-,81-/m0/s1. The number of methoxy groups -OCH3 is 1. The first-order valence-electron chi connectivity index (χ1n) is 41.4. The van der Waals surface area contributed by atoms with Gasteiger partial charge in [-0.1, -0.05) is 51.5 Å². The molecule has 39 nitrogen and oxygen atoms in total. The van der Waals surface area contributed by atoms with E-state index >= 15 is 4.79 Å². The van der Waals surface area contributed by atoms with Crippen molar-refractivity contribution in [1.29, 1.82) is 0 Å². The van der Waals surface area contributed by atoms with E-state index in [-0.39, 0.29) is 38.5 Å². The highest BCUT2D eigenvalue weighted by molar-refractivity contribution is 5.87. The zero-order valence-electron chi connectivity index (χ0n) is 68.5. The summed E-state index contributed by atoms with van der Waals surface area (Å²) in [5.74, 6) is -4.72. The molecular formula is C81H122O39. The summed E-state index contributed by atoms with van der Waals surface area (Å²) in [4.78, 5) is 45.2. The highest BCUT2D eigenvalue weighted by Crippen LogP contribution is 2.76. The Balaban J connectivity index is 0.854. The van der Waals surface area contributed by atoms with Gasteiger partial charge in [-0.2, -0.15) is 0 Å². The van der Waals surface area contributed by atoms with Crippen LogP contribution in [0.4, 0.5) is 0 Å². The number of aliphatic carboxylic acids is 1. The third kappa shape index (κ3) is 16.6. The van der Waals surface area contributed by atoms with Crippen molar-refractivity contribution in [1.82, 2.24) is 0 Å². The lowest BCUT2D eigenvalue weighted by molar-refractivity contribution is -0.404. The third-order valence-electron chi connectivity index (χ3n) is 29.0. The normalized spacial score (nSPS) is 50.9. The highest BCUT2D eigenvalue weighted by atomic mass is 16.8. The van der Waals surface area contributed by atoms with Crippen LogP contribution >= 0.6 is 0 Å². The second-order valence-corrected chi connectivity index (χ2v) is 36.5. The fourth-order valence-electron chi connectivity index (χ4n) is 21.9. The Kier molecular flexibility index (Phi) is 28.0. The monoisotopic (exact) mass is 1720 g/mol. The minimum Gasteiger partial charge on any atom is -0.497 e. The molecule has 13 rings (SSSR count). The minimum atomic E-state index is -2.30. The van der Waals surface area contributed by atoms with Crippen LogP contribution in [0.2, 0.25) is 0 Å². The number of ether oxygens (including phenoxy) is 16. The van der Waals surface area contributed by atoms with Crippen LogP contribution in [0.25, 0.3) is 6.08 Å². The summed E-state index contributed by atoms with van der Waals surface area (Å²) in [7, 11) is 1.47. The lowest BCUT2D eigenvalue weighted by atomic mass is 9.33. The van der Waals surface area contributed by atoms with Crippen LogP contribution in [0.1, 0.15) is 126 Å². The van der Waals surface area contributed by atoms with Gasteiger partial charge in [-0.05, 0) is 150 Å². The number of carbonyl (C=O) groups excluding carboxylic acids is 2. The van der Waals surface area contributed by atoms with E-state index in [1.165, 1.54) is 47.8 Å². The summed E-state index contributed by atoms with van der Waals surface area (Å²) in [6.07, 6.45) is -59.1. The topological polar surface area (TPSA) is 603 Å².